The van der Waals surface area contributed by atoms with Gasteiger partial charge in [0.15, 0.2) is 0 Å². The summed E-state index contributed by atoms with van der Waals surface area (Å²) in [7, 11) is 0. The maximum absolute atomic E-state index is 10.7. The SMILES string of the molecule is NC(=O)C(=O)Nc1ccc(Cl)cn1. The van der Waals surface area contributed by atoms with Crippen LogP contribution in [-0.2, 0) is 9.59 Å². The molecule has 0 aliphatic heterocycles. The van der Waals surface area contributed by atoms with E-state index in [9.17, 15) is 9.59 Å². The zero-order valence-corrected chi connectivity index (χ0v) is 7.21. The third-order valence-corrected chi connectivity index (χ3v) is 1.42. The molecule has 1 aromatic rings. The molecular weight excluding hydrogens is 194 g/mol. The molecule has 0 aliphatic carbocycles. The first-order valence-electron chi connectivity index (χ1n) is 3.32. The first kappa shape index (κ1) is 9.47. The highest BCUT2D eigenvalue weighted by molar-refractivity contribution is 6.39. The molecule has 1 rings (SSSR count). The van der Waals surface area contributed by atoms with Crippen LogP contribution in [0.5, 0.6) is 0 Å². The first-order valence-corrected chi connectivity index (χ1v) is 3.70. The van der Waals surface area contributed by atoms with E-state index in [2.05, 4.69) is 10.3 Å². The summed E-state index contributed by atoms with van der Waals surface area (Å²) in [6, 6.07) is 2.99. The number of rotatable bonds is 1. The highest BCUT2D eigenvalue weighted by atomic mass is 35.5. The third-order valence-electron chi connectivity index (χ3n) is 1.19. The summed E-state index contributed by atoms with van der Waals surface area (Å²) in [5.41, 5.74) is 4.71. The van der Waals surface area contributed by atoms with Gasteiger partial charge in [-0.05, 0) is 12.1 Å². The molecule has 0 saturated carbocycles. The van der Waals surface area contributed by atoms with Crippen molar-refractivity contribution in [3.8, 4) is 0 Å². The molecule has 0 bridgehead atoms. The van der Waals surface area contributed by atoms with Gasteiger partial charge in [-0.25, -0.2) is 4.98 Å². The predicted molar refractivity (Wildman–Crippen MR) is 47.1 cm³/mol. The van der Waals surface area contributed by atoms with Gasteiger partial charge in [0.1, 0.15) is 5.82 Å². The van der Waals surface area contributed by atoms with Gasteiger partial charge in [0.25, 0.3) is 0 Å². The summed E-state index contributed by atoms with van der Waals surface area (Å²) in [4.78, 5) is 24.8. The summed E-state index contributed by atoms with van der Waals surface area (Å²) in [6.07, 6.45) is 1.35. The summed E-state index contributed by atoms with van der Waals surface area (Å²) in [5, 5.41) is 2.63. The van der Waals surface area contributed by atoms with E-state index in [0.717, 1.165) is 0 Å². The Kier molecular flexibility index (Phi) is 2.81. The Morgan fingerprint density at radius 2 is 2.15 bits per heavy atom. The Morgan fingerprint density at radius 3 is 2.62 bits per heavy atom. The molecule has 6 heteroatoms. The van der Waals surface area contributed by atoms with Crippen molar-refractivity contribution < 1.29 is 9.59 Å². The number of carbonyl (C=O) groups excluding carboxylic acids is 2. The summed E-state index contributed by atoms with van der Waals surface area (Å²) >= 11 is 5.54. The number of hydrogen-bond donors (Lipinski definition) is 2. The van der Waals surface area contributed by atoms with E-state index in [1.165, 1.54) is 18.3 Å². The molecule has 68 valence electrons. The Hall–Kier alpha value is -1.62. The second-order valence-electron chi connectivity index (χ2n) is 2.18. The predicted octanol–water partition coefficient (Wildman–Crippen LogP) is 0.159. The average Bonchev–Trinajstić information content (AvgIpc) is 2.08. The van der Waals surface area contributed by atoms with E-state index in [1.54, 1.807) is 0 Å². The van der Waals surface area contributed by atoms with Crippen LogP contribution in [-0.4, -0.2) is 16.8 Å². The molecule has 1 heterocycles. The minimum atomic E-state index is -1.06. The molecule has 0 saturated heterocycles. The molecule has 3 N–H and O–H groups in total. The highest BCUT2D eigenvalue weighted by Gasteiger charge is 2.08. The number of nitrogens with zero attached hydrogens (tertiary/aromatic N) is 1. The quantitative estimate of drug-likeness (QED) is 0.632. The highest BCUT2D eigenvalue weighted by Crippen LogP contribution is 2.08. The van der Waals surface area contributed by atoms with Crippen LogP contribution in [0, 0.1) is 0 Å². The Labute approximate surface area is 78.9 Å². The molecule has 0 fully saturated rings. The van der Waals surface area contributed by atoms with Crippen LogP contribution < -0.4 is 11.1 Å². The van der Waals surface area contributed by atoms with Crippen LogP contribution in [0.2, 0.25) is 5.02 Å². The van der Waals surface area contributed by atoms with Crippen LogP contribution in [0.25, 0.3) is 0 Å². The minimum Gasteiger partial charge on any atom is -0.361 e. The smallest absolute Gasteiger partial charge is 0.314 e. The van der Waals surface area contributed by atoms with Crippen molar-refractivity contribution in [3.63, 3.8) is 0 Å². The fourth-order valence-corrected chi connectivity index (χ4v) is 0.739. The van der Waals surface area contributed by atoms with Crippen LogP contribution >= 0.6 is 11.6 Å². The van der Waals surface area contributed by atoms with Gasteiger partial charge >= 0.3 is 11.8 Å². The largest absolute Gasteiger partial charge is 0.361 e. The van der Waals surface area contributed by atoms with Gasteiger partial charge in [0.2, 0.25) is 0 Å². The van der Waals surface area contributed by atoms with Crippen molar-refractivity contribution in [3.05, 3.63) is 23.4 Å². The van der Waals surface area contributed by atoms with Crippen LogP contribution in [0.15, 0.2) is 18.3 Å². The van der Waals surface area contributed by atoms with Crippen LogP contribution in [0.1, 0.15) is 0 Å². The summed E-state index contributed by atoms with van der Waals surface area (Å²) in [6.45, 7) is 0. The number of aromatic nitrogens is 1. The van der Waals surface area contributed by atoms with E-state index in [1.807, 2.05) is 0 Å². The Balaban J connectivity index is 2.70. The summed E-state index contributed by atoms with van der Waals surface area (Å²) in [5.74, 6) is -1.74. The zero-order valence-electron chi connectivity index (χ0n) is 6.45. The number of carbonyl (C=O) groups is 2. The number of hydrogen-bond acceptors (Lipinski definition) is 3. The Bertz CT molecular complexity index is 336. The number of anilines is 1. The third kappa shape index (κ3) is 2.72. The standard InChI is InChI=1S/C7H6ClN3O2/c8-4-1-2-5(10-3-4)11-7(13)6(9)12/h1-3H,(H2,9,12)(H,10,11,13). The van der Waals surface area contributed by atoms with Gasteiger partial charge in [-0.2, -0.15) is 0 Å². The second-order valence-corrected chi connectivity index (χ2v) is 2.62. The number of nitrogens with two attached hydrogens (primary N) is 1. The number of amides is 2. The number of halogens is 1. The van der Waals surface area contributed by atoms with Gasteiger partial charge in [-0.15, -0.1) is 0 Å². The lowest BCUT2D eigenvalue weighted by atomic mass is 10.4. The van der Waals surface area contributed by atoms with Gasteiger partial charge in [-0.3, -0.25) is 9.59 Å². The van der Waals surface area contributed by atoms with Crippen molar-refractivity contribution in [2.24, 2.45) is 5.73 Å². The number of nitrogens with one attached hydrogen (secondary N) is 1. The van der Waals surface area contributed by atoms with Crippen molar-refractivity contribution in [1.29, 1.82) is 0 Å². The van der Waals surface area contributed by atoms with Gasteiger partial charge in [0, 0.05) is 6.20 Å². The van der Waals surface area contributed by atoms with E-state index in [4.69, 9.17) is 17.3 Å². The van der Waals surface area contributed by atoms with Gasteiger partial charge in [-0.1, -0.05) is 11.6 Å². The molecule has 0 radical (unpaired) electrons. The number of primary amides is 1. The molecule has 13 heavy (non-hydrogen) atoms. The normalized spacial score (nSPS) is 9.31. The van der Waals surface area contributed by atoms with Crippen molar-refractivity contribution in [2.75, 3.05) is 5.32 Å². The van der Waals surface area contributed by atoms with E-state index in [-0.39, 0.29) is 5.82 Å². The van der Waals surface area contributed by atoms with Crippen molar-refractivity contribution >= 4 is 29.2 Å². The lowest BCUT2D eigenvalue weighted by molar-refractivity contribution is -0.134. The Morgan fingerprint density at radius 1 is 1.46 bits per heavy atom. The monoisotopic (exact) mass is 199 g/mol. The van der Waals surface area contributed by atoms with E-state index >= 15 is 0 Å². The van der Waals surface area contributed by atoms with E-state index < -0.39 is 11.8 Å². The first-order chi connectivity index (χ1) is 6.09. The minimum absolute atomic E-state index is 0.230. The molecule has 1 aromatic heterocycles. The lowest BCUT2D eigenvalue weighted by Gasteiger charge is -1.99. The van der Waals surface area contributed by atoms with Crippen molar-refractivity contribution in [2.45, 2.75) is 0 Å². The molecule has 0 atom stereocenters. The molecule has 0 spiro atoms. The molecule has 5 nitrogen and oxygen atoms in total. The fourth-order valence-electron chi connectivity index (χ4n) is 0.628. The van der Waals surface area contributed by atoms with Gasteiger partial charge in [0.05, 0.1) is 5.02 Å². The maximum atomic E-state index is 10.7. The van der Waals surface area contributed by atoms with E-state index in [0.29, 0.717) is 5.02 Å². The molecular formula is C7H6ClN3O2. The van der Waals surface area contributed by atoms with Crippen LogP contribution in [0.4, 0.5) is 5.82 Å². The second kappa shape index (κ2) is 3.86. The van der Waals surface area contributed by atoms with Crippen molar-refractivity contribution in [1.82, 2.24) is 4.98 Å². The number of pyridine rings is 1. The summed E-state index contributed by atoms with van der Waals surface area (Å²) < 4.78 is 0. The molecule has 2 amide bonds. The molecule has 0 aliphatic rings. The topological polar surface area (TPSA) is 85.1 Å². The van der Waals surface area contributed by atoms with Gasteiger partial charge < -0.3 is 11.1 Å². The fraction of sp³-hybridized carbons (Fsp3) is 0. The van der Waals surface area contributed by atoms with Crippen LogP contribution in [0.3, 0.4) is 0 Å². The zero-order chi connectivity index (χ0) is 9.84. The molecule has 0 unspecified atom stereocenters. The average molecular weight is 200 g/mol. The maximum Gasteiger partial charge on any atom is 0.314 e. The molecule has 0 aromatic carbocycles. The lowest BCUT2D eigenvalue weighted by Crippen LogP contribution is -2.29.